The molecule has 0 aromatic heterocycles. The van der Waals surface area contributed by atoms with Crippen molar-refractivity contribution in [1.82, 2.24) is 9.80 Å². The van der Waals surface area contributed by atoms with E-state index in [0.717, 1.165) is 43.4 Å². The van der Waals surface area contributed by atoms with Crippen molar-refractivity contribution in [2.75, 3.05) is 39.8 Å². The van der Waals surface area contributed by atoms with Gasteiger partial charge in [0.2, 0.25) is 5.91 Å². The molecular formula is C16H24N2O2S. The number of rotatable bonds is 5. The minimum atomic E-state index is -0.0884. The maximum absolute atomic E-state index is 12.5. The van der Waals surface area contributed by atoms with Gasteiger partial charge >= 0.3 is 0 Å². The highest BCUT2D eigenvalue weighted by Gasteiger charge is 2.25. The number of para-hydroxylation sites is 1. The Morgan fingerprint density at radius 3 is 2.57 bits per heavy atom. The molecule has 0 N–H and O–H groups in total. The molecule has 116 valence electrons. The summed E-state index contributed by atoms with van der Waals surface area (Å²) >= 11 is 1.57. The first-order valence-corrected chi connectivity index (χ1v) is 8.34. The van der Waals surface area contributed by atoms with Crippen molar-refractivity contribution >= 4 is 17.7 Å². The molecule has 0 radical (unpaired) electrons. The molecule has 1 aromatic rings. The van der Waals surface area contributed by atoms with E-state index in [4.69, 9.17) is 4.74 Å². The molecule has 1 heterocycles. The third-order valence-electron chi connectivity index (χ3n) is 3.85. The summed E-state index contributed by atoms with van der Waals surface area (Å²) in [5.41, 5.74) is 0. The average Bonchev–Trinajstić information content (AvgIpc) is 2.54. The number of hydrogen-bond acceptors (Lipinski definition) is 4. The molecule has 0 spiro atoms. The van der Waals surface area contributed by atoms with Gasteiger partial charge in [0.25, 0.3) is 0 Å². The van der Waals surface area contributed by atoms with E-state index in [-0.39, 0.29) is 11.2 Å². The molecule has 1 aliphatic rings. The predicted molar refractivity (Wildman–Crippen MR) is 87.0 cm³/mol. The third kappa shape index (κ3) is 4.14. The van der Waals surface area contributed by atoms with E-state index in [1.54, 1.807) is 18.9 Å². The number of methoxy groups -OCH3 is 1. The lowest BCUT2D eigenvalue weighted by molar-refractivity contribution is -0.132. The van der Waals surface area contributed by atoms with Crippen LogP contribution < -0.4 is 4.74 Å². The minimum absolute atomic E-state index is 0.0884. The van der Waals surface area contributed by atoms with E-state index in [9.17, 15) is 4.79 Å². The van der Waals surface area contributed by atoms with Crippen molar-refractivity contribution in [1.29, 1.82) is 0 Å². The zero-order chi connectivity index (χ0) is 15.2. The Kier molecular flexibility index (Phi) is 5.94. The molecule has 2 rings (SSSR count). The molecule has 1 atom stereocenters. The molecule has 5 heteroatoms. The SMILES string of the molecule is CCN1CCN(C(=O)C(C)Sc2ccccc2OC)CC1. The standard InChI is InChI=1S/C16H24N2O2S/c1-4-17-9-11-18(12-10-17)16(19)13(2)21-15-8-6-5-7-14(15)20-3/h5-8,13H,4,9-12H2,1-3H3. The Hall–Kier alpha value is -1.20. The number of likely N-dealkylation sites (N-methyl/N-ethyl adjacent to an activating group) is 1. The normalized spacial score (nSPS) is 17.6. The van der Waals surface area contributed by atoms with Crippen molar-refractivity contribution < 1.29 is 9.53 Å². The van der Waals surface area contributed by atoms with Gasteiger partial charge < -0.3 is 14.5 Å². The van der Waals surface area contributed by atoms with Crippen LogP contribution in [0.2, 0.25) is 0 Å². The molecule has 4 nitrogen and oxygen atoms in total. The number of ether oxygens (including phenoxy) is 1. The quantitative estimate of drug-likeness (QED) is 0.782. The number of benzene rings is 1. The van der Waals surface area contributed by atoms with Crippen LogP contribution in [0.3, 0.4) is 0 Å². The fourth-order valence-electron chi connectivity index (χ4n) is 2.50. The van der Waals surface area contributed by atoms with Gasteiger partial charge in [-0.1, -0.05) is 19.1 Å². The van der Waals surface area contributed by atoms with E-state index >= 15 is 0 Å². The van der Waals surface area contributed by atoms with E-state index < -0.39 is 0 Å². The smallest absolute Gasteiger partial charge is 0.235 e. The van der Waals surface area contributed by atoms with Gasteiger partial charge in [-0.15, -0.1) is 11.8 Å². The highest BCUT2D eigenvalue weighted by Crippen LogP contribution is 2.32. The summed E-state index contributed by atoms with van der Waals surface area (Å²) in [5.74, 6) is 1.06. The Morgan fingerprint density at radius 1 is 1.29 bits per heavy atom. The van der Waals surface area contributed by atoms with Crippen molar-refractivity contribution in [3.63, 3.8) is 0 Å². The fraction of sp³-hybridized carbons (Fsp3) is 0.562. The monoisotopic (exact) mass is 308 g/mol. The number of thioether (sulfide) groups is 1. The van der Waals surface area contributed by atoms with Crippen LogP contribution in [0.4, 0.5) is 0 Å². The van der Waals surface area contributed by atoms with E-state index in [1.807, 2.05) is 36.1 Å². The second kappa shape index (κ2) is 7.71. The molecular weight excluding hydrogens is 284 g/mol. The molecule has 0 aliphatic carbocycles. The summed E-state index contributed by atoms with van der Waals surface area (Å²) < 4.78 is 5.35. The lowest BCUT2D eigenvalue weighted by Gasteiger charge is -2.35. The number of amides is 1. The van der Waals surface area contributed by atoms with Crippen molar-refractivity contribution in [2.45, 2.75) is 24.0 Å². The van der Waals surface area contributed by atoms with Crippen molar-refractivity contribution in [3.05, 3.63) is 24.3 Å². The van der Waals surface area contributed by atoms with Gasteiger partial charge in [-0.3, -0.25) is 4.79 Å². The summed E-state index contributed by atoms with van der Waals surface area (Å²) in [5, 5.41) is -0.0884. The average molecular weight is 308 g/mol. The maximum atomic E-state index is 12.5. The maximum Gasteiger partial charge on any atom is 0.235 e. The van der Waals surface area contributed by atoms with Crippen molar-refractivity contribution in [3.8, 4) is 5.75 Å². The molecule has 1 aromatic carbocycles. The number of carbonyl (C=O) groups excluding carboxylic acids is 1. The first kappa shape index (κ1) is 16.2. The van der Waals surface area contributed by atoms with E-state index in [1.165, 1.54) is 0 Å². The second-order valence-electron chi connectivity index (χ2n) is 5.17. The molecule has 1 saturated heterocycles. The summed E-state index contributed by atoms with van der Waals surface area (Å²) in [6.45, 7) is 8.84. The number of hydrogen-bond donors (Lipinski definition) is 0. The largest absolute Gasteiger partial charge is 0.496 e. The van der Waals surface area contributed by atoms with Crippen LogP contribution in [0.25, 0.3) is 0 Å². The first-order valence-electron chi connectivity index (χ1n) is 7.46. The molecule has 0 saturated carbocycles. The lowest BCUT2D eigenvalue weighted by atomic mass is 10.3. The molecule has 0 bridgehead atoms. The molecule has 1 fully saturated rings. The van der Waals surface area contributed by atoms with Crippen LogP contribution in [0.15, 0.2) is 29.2 Å². The van der Waals surface area contributed by atoms with Crippen LogP contribution >= 0.6 is 11.8 Å². The van der Waals surface area contributed by atoms with Gasteiger partial charge in [-0.2, -0.15) is 0 Å². The summed E-state index contributed by atoms with van der Waals surface area (Å²) in [4.78, 5) is 17.9. The van der Waals surface area contributed by atoms with Gasteiger partial charge in [-0.25, -0.2) is 0 Å². The topological polar surface area (TPSA) is 32.8 Å². The lowest BCUT2D eigenvalue weighted by Crippen LogP contribution is -2.50. The van der Waals surface area contributed by atoms with E-state index in [0.29, 0.717) is 0 Å². The highest BCUT2D eigenvalue weighted by atomic mass is 32.2. The van der Waals surface area contributed by atoms with Gasteiger partial charge in [0, 0.05) is 26.2 Å². The Labute approximate surface area is 131 Å². The molecule has 21 heavy (non-hydrogen) atoms. The second-order valence-corrected chi connectivity index (χ2v) is 6.55. The van der Waals surface area contributed by atoms with E-state index in [2.05, 4.69) is 11.8 Å². The van der Waals surface area contributed by atoms with Crippen LogP contribution in [-0.4, -0.2) is 60.8 Å². The van der Waals surface area contributed by atoms with Crippen LogP contribution in [0.1, 0.15) is 13.8 Å². The summed E-state index contributed by atoms with van der Waals surface area (Å²) in [6.07, 6.45) is 0. The van der Waals surface area contributed by atoms with Crippen molar-refractivity contribution in [2.24, 2.45) is 0 Å². The van der Waals surface area contributed by atoms with Gasteiger partial charge in [-0.05, 0) is 25.6 Å². The minimum Gasteiger partial charge on any atom is -0.496 e. The zero-order valence-electron chi connectivity index (χ0n) is 13.0. The Bertz CT molecular complexity index is 473. The predicted octanol–water partition coefficient (Wildman–Crippen LogP) is 2.34. The van der Waals surface area contributed by atoms with Gasteiger partial charge in [0.05, 0.1) is 17.3 Å². The molecule has 1 unspecified atom stereocenters. The third-order valence-corrected chi connectivity index (χ3v) is 5.00. The summed E-state index contributed by atoms with van der Waals surface area (Å²) in [7, 11) is 1.66. The van der Waals surface area contributed by atoms with Crippen LogP contribution in [0.5, 0.6) is 5.75 Å². The fourth-order valence-corrected chi connectivity index (χ4v) is 3.55. The van der Waals surface area contributed by atoms with Gasteiger partial charge in [0.15, 0.2) is 0 Å². The van der Waals surface area contributed by atoms with Crippen LogP contribution in [-0.2, 0) is 4.79 Å². The number of carbonyl (C=O) groups is 1. The molecule has 1 aliphatic heterocycles. The zero-order valence-corrected chi connectivity index (χ0v) is 13.9. The number of piperazine rings is 1. The molecule has 1 amide bonds. The first-order chi connectivity index (χ1) is 10.2. The highest BCUT2D eigenvalue weighted by molar-refractivity contribution is 8.00. The van der Waals surface area contributed by atoms with Crippen LogP contribution in [0, 0.1) is 0 Å². The number of nitrogens with zero attached hydrogens (tertiary/aromatic N) is 2. The summed E-state index contributed by atoms with van der Waals surface area (Å²) in [6, 6.07) is 7.85. The van der Waals surface area contributed by atoms with Gasteiger partial charge in [0.1, 0.15) is 5.75 Å². The Morgan fingerprint density at radius 2 is 1.95 bits per heavy atom. The Balaban J connectivity index is 1.94.